The number of unbranched alkanes of at least 4 members (excludes halogenated alkanes) is 15. The van der Waals surface area contributed by atoms with Gasteiger partial charge in [0.2, 0.25) is 0 Å². The molecule has 5 nitrogen and oxygen atoms in total. The normalized spacial score (nSPS) is 11.9. The Kier molecular flexibility index (Phi) is 20.6. The fourth-order valence-corrected chi connectivity index (χ4v) is 3.13. The van der Waals surface area contributed by atoms with E-state index < -0.39 is 10.4 Å². The third-order valence-electron chi connectivity index (χ3n) is 4.68. The highest BCUT2D eigenvalue weighted by Crippen LogP contribution is 2.13. The summed E-state index contributed by atoms with van der Waals surface area (Å²) < 4.78 is 32.7. The summed E-state index contributed by atoms with van der Waals surface area (Å²) in [5.74, 6) is 0. The van der Waals surface area contributed by atoms with E-state index in [4.69, 9.17) is 17.5 Å². The van der Waals surface area contributed by atoms with E-state index in [1.165, 1.54) is 109 Å². The molecule has 0 aliphatic heterocycles. The molecule has 0 aromatic carbocycles. The Morgan fingerprint density at radius 2 is 0.778 bits per heavy atom. The van der Waals surface area contributed by atoms with Crippen molar-refractivity contribution in [3.05, 3.63) is 0 Å². The van der Waals surface area contributed by atoms with Gasteiger partial charge < -0.3 is 4.48 Å². The maximum Gasteiger partial charge on any atom is 0.394 e. The summed E-state index contributed by atoms with van der Waals surface area (Å²) in [5.41, 5.74) is 0. The van der Waals surface area contributed by atoms with Crippen LogP contribution in [0.25, 0.3) is 0 Å². The Balaban J connectivity index is 0. The van der Waals surface area contributed by atoms with E-state index in [1.807, 2.05) is 0 Å². The lowest BCUT2D eigenvalue weighted by molar-refractivity contribution is -0.870. The van der Waals surface area contributed by atoms with Crippen molar-refractivity contribution >= 4 is 10.4 Å². The fourth-order valence-electron chi connectivity index (χ4n) is 3.13. The number of nitrogens with zero attached hydrogens (tertiary/aromatic N) is 1. The lowest BCUT2D eigenvalue weighted by atomic mass is 10.0. The smallest absolute Gasteiger partial charge is 0.331 e. The molecule has 166 valence electrons. The van der Waals surface area contributed by atoms with Gasteiger partial charge in [-0.2, -0.15) is 8.42 Å². The summed E-state index contributed by atoms with van der Waals surface area (Å²) in [6.07, 6.45) is 23.4. The Hall–Kier alpha value is -0.170. The van der Waals surface area contributed by atoms with E-state index in [0.717, 1.165) is 4.48 Å². The summed E-state index contributed by atoms with van der Waals surface area (Å²) >= 11 is 0. The van der Waals surface area contributed by atoms with Crippen LogP contribution in [0.1, 0.15) is 110 Å². The summed E-state index contributed by atoms with van der Waals surface area (Å²) in [5, 5.41) is 0. The van der Waals surface area contributed by atoms with Gasteiger partial charge in [-0.1, -0.05) is 96.8 Å². The second-order valence-electron chi connectivity index (χ2n) is 8.77. The molecule has 0 amide bonds. The quantitative estimate of drug-likeness (QED) is 0.168. The first kappa shape index (κ1) is 29.0. The van der Waals surface area contributed by atoms with Crippen molar-refractivity contribution < 1.29 is 22.0 Å². The molecule has 2 N–H and O–H groups in total. The number of hydrogen-bond donors (Lipinski definition) is 2. The average Bonchev–Trinajstić information content (AvgIpc) is 2.52. The summed E-state index contributed by atoms with van der Waals surface area (Å²) in [6, 6.07) is 0. The second kappa shape index (κ2) is 19.2. The Labute approximate surface area is 170 Å². The highest BCUT2D eigenvalue weighted by atomic mass is 32.3. The lowest BCUT2D eigenvalue weighted by Gasteiger charge is -2.23. The first-order valence-corrected chi connectivity index (χ1v) is 12.5. The largest absolute Gasteiger partial charge is 0.394 e. The van der Waals surface area contributed by atoms with Crippen molar-refractivity contribution in [1.82, 2.24) is 0 Å². The first-order valence-electron chi connectivity index (χ1n) is 11.1. The summed E-state index contributed by atoms with van der Waals surface area (Å²) in [6.45, 7) is 3.63. The maximum absolute atomic E-state index is 8.74. The van der Waals surface area contributed by atoms with Gasteiger partial charge in [-0.15, -0.1) is 0 Å². The molecule has 27 heavy (non-hydrogen) atoms. The van der Waals surface area contributed by atoms with Gasteiger partial charge >= 0.3 is 10.4 Å². The van der Waals surface area contributed by atoms with E-state index in [1.54, 1.807) is 0 Å². The van der Waals surface area contributed by atoms with Crippen LogP contribution in [-0.4, -0.2) is 49.7 Å². The molecular weight excluding hydrogens is 362 g/mol. The van der Waals surface area contributed by atoms with Gasteiger partial charge in [0, 0.05) is 0 Å². The molecule has 0 aliphatic carbocycles. The van der Waals surface area contributed by atoms with Gasteiger partial charge in [-0.05, 0) is 12.8 Å². The maximum atomic E-state index is 8.74. The fraction of sp³-hybridized carbons (Fsp3) is 1.00. The van der Waals surface area contributed by atoms with Crippen LogP contribution in [-0.2, 0) is 10.4 Å². The van der Waals surface area contributed by atoms with Crippen LogP contribution in [0, 0.1) is 0 Å². The lowest BCUT2D eigenvalue weighted by Crippen LogP contribution is -2.35. The van der Waals surface area contributed by atoms with Gasteiger partial charge in [0.25, 0.3) is 0 Å². The Morgan fingerprint density at radius 1 is 0.556 bits per heavy atom. The molecule has 0 rings (SSSR count). The predicted molar refractivity (Wildman–Crippen MR) is 117 cm³/mol. The van der Waals surface area contributed by atoms with Crippen LogP contribution in [0.4, 0.5) is 0 Å². The molecule has 0 fully saturated rings. The minimum atomic E-state index is -4.67. The molecule has 6 heteroatoms. The number of quaternary nitrogens is 1. The highest BCUT2D eigenvalue weighted by Gasteiger charge is 2.04. The van der Waals surface area contributed by atoms with E-state index in [0.29, 0.717) is 0 Å². The molecule has 0 aromatic rings. The van der Waals surface area contributed by atoms with Crippen molar-refractivity contribution in [2.24, 2.45) is 0 Å². The van der Waals surface area contributed by atoms with Crippen LogP contribution in [0.2, 0.25) is 0 Å². The average molecular weight is 411 g/mol. The van der Waals surface area contributed by atoms with Crippen LogP contribution < -0.4 is 0 Å². The predicted octanol–water partition coefficient (Wildman–Crippen LogP) is 6.30. The Morgan fingerprint density at radius 3 is 1.00 bits per heavy atom. The molecule has 0 bridgehead atoms. The van der Waals surface area contributed by atoms with Crippen LogP contribution >= 0.6 is 0 Å². The van der Waals surface area contributed by atoms with Crippen LogP contribution in [0.5, 0.6) is 0 Å². The zero-order valence-electron chi connectivity index (χ0n) is 18.6. The zero-order chi connectivity index (χ0) is 21.0. The number of rotatable bonds is 17. The molecule has 0 saturated carbocycles. The van der Waals surface area contributed by atoms with E-state index in [9.17, 15) is 0 Å². The standard InChI is InChI=1S/C21H46N.H2O4S/c1-5-6-7-8-9-10-11-12-13-14-15-16-17-18-19-20-21-22(2,3)4;1-5(2,3)4/h5-21H2,1-4H3;(H2,1,2,3,4)/q+1;. The van der Waals surface area contributed by atoms with Gasteiger partial charge in [-0.25, -0.2) is 0 Å². The van der Waals surface area contributed by atoms with Crippen molar-refractivity contribution in [1.29, 1.82) is 0 Å². The molecule has 0 heterocycles. The van der Waals surface area contributed by atoms with Crippen molar-refractivity contribution in [2.75, 3.05) is 27.7 Å². The topological polar surface area (TPSA) is 74.6 Å². The molecule has 0 aromatic heterocycles. The molecule has 0 spiro atoms. The van der Waals surface area contributed by atoms with E-state index >= 15 is 0 Å². The zero-order valence-corrected chi connectivity index (χ0v) is 19.4. The van der Waals surface area contributed by atoms with Gasteiger partial charge in [-0.3, -0.25) is 9.11 Å². The minimum Gasteiger partial charge on any atom is -0.331 e. The second-order valence-corrected chi connectivity index (χ2v) is 9.66. The molecule has 0 saturated heterocycles. The summed E-state index contributed by atoms with van der Waals surface area (Å²) in [7, 11) is 2.22. The molecule has 0 aliphatic rings. The van der Waals surface area contributed by atoms with Crippen molar-refractivity contribution in [2.45, 2.75) is 110 Å². The molecular formula is C21H48NO4S+. The minimum absolute atomic E-state index is 1.12. The highest BCUT2D eigenvalue weighted by molar-refractivity contribution is 7.79. The third-order valence-corrected chi connectivity index (χ3v) is 4.68. The molecule has 0 radical (unpaired) electrons. The third kappa shape index (κ3) is 41.4. The van der Waals surface area contributed by atoms with Gasteiger partial charge in [0.05, 0.1) is 27.7 Å². The SMILES string of the molecule is CCCCCCCCCCCCCCCCCC[N+](C)(C)C.O=S(=O)(O)O. The van der Waals surface area contributed by atoms with E-state index in [2.05, 4.69) is 28.1 Å². The Bertz CT molecular complexity index is 383. The van der Waals surface area contributed by atoms with Crippen LogP contribution in [0.15, 0.2) is 0 Å². The van der Waals surface area contributed by atoms with Crippen molar-refractivity contribution in [3.63, 3.8) is 0 Å². The van der Waals surface area contributed by atoms with E-state index in [-0.39, 0.29) is 0 Å². The van der Waals surface area contributed by atoms with Gasteiger partial charge in [0.15, 0.2) is 0 Å². The van der Waals surface area contributed by atoms with Crippen molar-refractivity contribution in [3.8, 4) is 0 Å². The monoisotopic (exact) mass is 410 g/mol. The molecule has 0 atom stereocenters. The van der Waals surface area contributed by atoms with Crippen LogP contribution in [0.3, 0.4) is 0 Å². The van der Waals surface area contributed by atoms with Gasteiger partial charge in [0.1, 0.15) is 0 Å². The number of hydrogen-bond acceptors (Lipinski definition) is 2. The summed E-state index contributed by atoms with van der Waals surface area (Å²) in [4.78, 5) is 0. The first-order chi connectivity index (χ1) is 12.6. The molecule has 0 unspecified atom stereocenters.